The van der Waals surface area contributed by atoms with Gasteiger partial charge in [0.25, 0.3) is 0 Å². The second-order valence-corrected chi connectivity index (χ2v) is 6.65. The van der Waals surface area contributed by atoms with Crippen molar-refractivity contribution in [2.24, 2.45) is 5.92 Å². The van der Waals surface area contributed by atoms with E-state index in [9.17, 15) is 9.59 Å². The number of carboxylic acids is 1. The molecule has 0 saturated heterocycles. The summed E-state index contributed by atoms with van der Waals surface area (Å²) in [5.41, 5.74) is 1.11. The fraction of sp³-hybridized carbons (Fsp3) is 0.579. The second-order valence-electron chi connectivity index (χ2n) is 6.65. The summed E-state index contributed by atoms with van der Waals surface area (Å²) >= 11 is 0. The van der Waals surface area contributed by atoms with E-state index in [4.69, 9.17) is 9.84 Å². The molecular weight excluding hydrogens is 306 g/mol. The smallest absolute Gasteiger partial charge is 0.335 e. The SMILES string of the molecule is CCC(OC1CCCC(C)C1)C(=O)NCc1ccc(C(=O)O)cc1. The number of aromatic carboxylic acids is 1. The zero-order chi connectivity index (χ0) is 17.5. The minimum Gasteiger partial charge on any atom is -0.478 e. The normalized spacial score (nSPS) is 21.9. The Hall–Kier alpha value is -1.88. The van der Waals surface area contributed by atoms with Gasteiger partial charge in [0.1, 0.15) is 6.10 Å². The van der Waals surface area contributed by atoms with Crippen molar-refractivity contribution in [2.45, 2.75) is 64.7 Å². The van der Waals surface area contributed by atoms with Crippen LogP contribution in [0.15, 0.2) is 24.3 Å². The predicted octanol–water partition coefficient (Wildman–Crippen LogP) is 3.37. The molecule has 1 aliphatic carbocycles. The Morgan fingerprint density at radius 1 is 1.29 bits per heavy atom. The Balaban J connectivity index is 1.83. The van der Waals surface area contributed by atoms with E-state index in [1.165, 1.54) is 12.8 Å². The summed E-state index contributed by atoms with van der Waals surface area (Å²) in [5, 5.41) is 11.8. The zero-order valence-electron chi connectivity index (χ0n) is 14.5. The molecule has 1 aromatic carbocycles. The van der Waals surface area contributed by atoms with Gasteiger partial charge in [-0.15, -0.1) is 0 Å². The van der Waals surface area contributed by atoms with Gasteiger partial charge in [-0.05, 0) is 42.9 Å². The first-order chi connectivity index (χ1) is 11.5. The summed E-state index contributed by atoms with van der Waals surface area (Å²) in [6, 6.07) is 6.52. The average Bonchev–Trinajstić information content (AvgIpc) is 2.58. The number of ether oxygens (including phenoxy) is 1. The lowest BCUT2D eigenvalue weighted by Crippen LogP contribution is -2.39. The number of nitrogens with one attached hydrogen (secondary N) is 1. The Labute approximate surface area is 143 Å². The number of benzene rings is 1. The molecular formula is C19H27NO4. The van der Waals surface area contributed by atoms with Gasteiger partial charge >= 0.3 is 5.97 Å². The van der Waals surface area contributed by atoms with Crippen LogP contribution in [0.2, 0.25) is 0 Å². The van der Waals surface area contributed by atoms with E-state index in [1.54, 1.807) is 24.3 Å². The van der Waals surface area contributed by atoms with E-state index in [-0.39, 0.29) is 17.6 Å². The van der Waals surface area contributed by atoms with Crippen molar-refractivity contribution in [3.05, 3.63) is 35.4 Å². The number of amides is 1. The van der Waals surface area contributed by atoms with Gasteiger partial charge < -0.3 is 15.2 Å². The number of carbonyl (C=O) groups excluding carboxylic acids is 1. The summed E-state index contributed by atoms with van der Waals surface area (Å²) in [4.78, 5) is 23.2. The maximum atomic E-state index is 12.3. The number of carbonyl (C=O) groups is 2. The first-order valence-electron chi connectivity index (χ1n) is 8.75. The summed E-state index contributed by atoms with van der Waals surface area (Å²) in [5.74, 6) is -0.387. The maximum Gasteiger partial charge on any atom is 0.335 e. The first-order valence-corrected chi connectivity index (χ1v) is 8.75. The Morgan fingerprint density at radius 3 is 2.58 bits per heavy atom. The van der Waals surface area contributed by atoms with Crippen molar-refractivity contribution in [2.75, 3.05) is 0 Å². The quantitative estimate of drug-likeness (QED) is 0.802. The van der Waals surface area contributed by atoms with Crippen LogP contribution in [0.3, 0.4) is 0 Å². The molecule has 0 aliphatic heterocycles. The molecule has 1 fully saturated rings. The molecule has 132 valence electrons. The second kappa shape index (κ2) is 8.83. The molecule has 1 aromatic rings. The van der Waals surface area contributed by atoms with E-state index < -0.39 is 12.1 Å². The fourth-order valence-electron chi connectivity index (χ4n) is 3.15. The molecule has 2 rings (SSSR count). The highest BCUT2D eigenvalue weighted by molar-refractivity contribution is 5.87. The number of rotatable bonds is 7. The highest BCUT2D eigenvalue weighted by atomic mass is 16.5. The van der Waals surface area contributed by atoms with Crippen molar-refractivity contribution in [3.8, 4) is 0 Å². The van der Waals surface area contributed by atoms with Gasteiger partial charge in [0.05, 0.1) is 11.7 Å². The Kier molecular flexibility index (Phi) is 6.79. The van der Waals surface area contributed by atoms with Gasteiger partial charge in [-0.1, -0.05) is 38.8 Å². The molecule has 1 aliphatic rings. The lowest BCUT2D eigenvalue weighted by Gasteiger charge is -2.29. The monoisotopic (exact) mass is 333 g/mol. The molecule has 0 aromatic heterocycles. The van der Waals surface area contributed by atoms with Crippen LogP contribution < -0.4 is 5.32 Å². The summed E-state index contributed by atoms with van der Waals surface area (Å²) < 4.78 is 6.02. The molecule has 0 spiro atoms. The van der Waals surface area contributed by atoms with E-state index in [1.807, 2.05) is 6.92 Å². The average molecular weight is 333 g/mol. The van der Waals surface area contributed by atoms with Crippen LogP contribution in [0.4, 0.5) is 0 Å². The Morgan fingerprint density at radius 2 is 2.00 bits per heavy atom. The van der Waals surface area contributed by atoms with E-state index in [2.05, 4.69) is 12.2 Å². The summed E-state index contributed by atoms with van der Waals surface area (Å²) in [6.45, 7) is 4.56. The van der Waals surface area contributed by atoms with E-state index in [0.29, 0.717) is 18.9 Å². The van der Waals surface area contributed by atoms with Crippen molar-refractivity contribution in [3.63, 3.8) is 0 Å². The van der Waals surface area contributed by atoms with Crippen molar-refractivity contribution in [1.82, 2.24) is 5.32 Å². The van der Waals surface area contributed by atoms with Crippen LogP contribution in [0, 0.1) is 5.92 Å². The molecule has 3 unspecified atom stereocenters. The van der Waals surface area contributed by atoms with Crippen LogP contribution in [0.5, 0.6) is 0 Å². The molecule has 2 N–H and O–H groups in total. The number of hydrogen-bond donors (Lipinski definition) is 2. The molecule has 0 bridgehead atoms. The molecule has 5 nitrogen and oxygen atoms in total. The number of carboxylic acid groups (broad SMARTS) is 1. The minimum absolute atomic E-state index is 0.0990. The predicted molar refractivity (Wildman–Crippen MR) is 91.8 cm³/mol. The van der Waals surface area contributed by atoms with E-state index >= 15 is 0 Å². The molecule has 5 heteroatoms. The number of hydrogen-bond acceptors (Lipinski definition) is 3. The molecule has 3 atom stereocenters. The van der Waals surface area contributed by atoms with Gasteiger partial charge in [0.15, 0.2) is 0 Å². The lowest BCUT2D eigenvalue weighted by atomic mass is 9.88. The van der Waals surface area contributed by atoms with Crippen LogP contribution in [0.25, 0.3) is 0 Å². The van der Waals surface area contributed by atoms with Crippen molar-refractivity contribution >= 4 is 11.9 Å². The van der Waals surface area contributed by atoms with Crippen LogP contribution in [-0.2, 0) is 16.1 Å². The van der Waals surface area contributed by atoms with Gasteiger partial charge in [-0.2, -0.15) is 0 Å². The van der Waals surface area contributed by atoms with Crippen LogP contribution in [-0.4, -0.2) is 29.2 Å². The van der Waals surface area contributed by atoms with Crippen LogP contribution in [0.1, 0.15) is 61.9 Å². The van der Waals surface area contributed by atoms with Crippen molar-refractivity contribution in [1.29, 1.82) is 0 Å². The summed E-state index contributed by atoms with van der Waals surface area (Å²) in [7, 11) is 0. The van der Waals surface area contributed by atoms with E-state index in [0.717, 1.165) is 18.4 Å². The highest BCUT2D eigenvalue weighted by Crippen LogP contribution is 2.27. The van der Waals surface area contributed by atoms with Gasteiger partial charge in [-0.3, -0.25) is 4.79 Å². The molecule has 0 heterocycles. The third-order valence-electron chi connectivity index (χ3n) is 4.58. The Bertz CT molecular complexity index is 555. The standard InChI is InChI=1S/C19H27NO4/c1-3-17(24-16-6-4-5-13(2)11-16)18(21)20-12-14-7-9-15(10-8-14)19(22)23/h7-10,13,16-17H,3-6,11-12H2,1-2H3,(H,20,21)(H,22,23). The molecule has 24 heavy (non-hydrogen) atoms. The third kappa shape index (κ3) is 5.34. The first kappa shape index (κ1) is 18.5. The minimum atomic E-state index is -0.952. The third-order valence-corrected chi connectivity index (χ3v) is 4.58. The topological polar surface area (TPSA) is 75.6 Å². The zero-order valence-corrected chi connectivity index (χ0v) is 14.5. The molecule has 1 saturated carbocycles. The van der Waals surface area contributed by atoms with Gasteiger partial charge in [0, 0.05) is 6.54 Å². The molecule has 0 radical (unpaired) electrons. The maximum absolute atomic E-state index is 12.3. The lowest BCUT2D eigenvalue weighted by molar-refractivity contribution is -0.139. The molecule has 1 amide bonds. The summed E-state index contributed by atoms with van der Waals surface area (Å²) in [6.07, 6.45) is 4.88. The largest absolute Gasteiger partial charge is 0.478 e. The van der Waals surface area contributed by atoms with Crippen molar-refractivity contribution < 1.29 is 19.4 Å². The van der Waals surface area contributed by atoms with Crippen LogP contribution >= 0.6 is 0 Å². The fourth-order valence-corrected chi connectivity index (χ4v) is 3.15. The van der Waals surface area contributed by atoms with Gasteiger partial charge in [-0.25, -0.2) is 4.79 Å². The van der Waals surface area contributed by atoms with Gasteiger partial charge in [0.2, 0.25) is 5.91 Å². The highest BCUT2D eigenvalue weighted by Gasteiger charge is 2.25.